The molecule has 0 fully saturated rings. The van der Waals surface area contributed by atoms with Gasteiger partial charge in [0, 0.05) is 18.3 Å². The number of nitrogens with zero attached hydrogens (tertiary/aromatic N) is 2. The molecule has 0 radical (unpaired) electrons. The number of anilines is 2. The van der Waals surface area contributed by atoms with Gasteiger partial charge in [-0.2, -0.15) is 0 Å². The lowest BCUT2D eigenvalue weighted by Crippen LogP contribution is -2.18. The number of amides is 1. The van der Waals surface area contributed by atoms with Crippen molar-refractivity contribution in [2.75, 3.05) is 12.4 Å². The van der Waals surface area contributed by atoms with Crippen LogP contribution in [0.3, 0.4) is 0 Å². The number of aliphatic hydroxyl groups is 1. The van der Waals surface area contributed by atoms with E-state index < -0.39 is 6.23 Å². The van der Waals surface area contributed by atoms with E-state index in [1.807, 2.05) is 13.8 Å². The molecule has 2 rings (SSSR count). The number of benzene rings is 1. The number of halogens is 1. The Morgan fingerprint density at radius 1 is 1.42 bits per heavy atom. The Balaban J connectivity index is 2.40. The summed E-state index contributed by atoms with van der Waals surface area (Å²) in [6.07, 6.45) is -0.709. The summed E-state index contributed by atoms with van der Waals surface area (Å²) in [4.78, 5) is 20.2. The number of aromatic nitrogens is 2. The molecule has 0 aliphatic carbocycles. The summed E-state index contributed by atoms with van der Waals surface area (Å²) in [5.74, 6) is 0.112. The highest BCUT2D eigenvalue weighted by molar-refractivity contribution is 6.30. The Labute approximate surface area is 145 Å². The van der Waals surface area contributed by atoms with Gasteiger partial charge in [-0.05, 0) is 37.1 Å². The summed E-state index contributed by atoms with van der Waals surface area (Å²) in [6.45, 7) is 3.74. The van der Waals surface area contributed by atoms with Crippen LogP contribution in [0.5, 0.6) is 0 Å². The standard InChI is InChI=1S/C16H20ClN5O2/c1-4-10-13(17)22-15(12(20-10)14(18)23)21-11-6-5-9(7-8(11)2)16(24)19-3/h5-7,14,23H,4,18H2,1-3H3,(H,19,24)(H,21,22). The summed E-state index contributed by atoms with van der Waals surface area (Å²) in [6, 6.07) is 5.17. The Kier molecular flexibility index (Phi) is 5.71. The van der Waals surface area contributed by atoms with E-state index in [1.54, 1.807) is 25.2 Å². The first kappa shape index (κ1) is 18.1. The third kappa shape index (κ3) is 3.81. The van der Waals surface area contributed by atoms with Gasteiger partial charge in [-0.1, -0.05) is 18.5 Å². The van der Waals surface area contributed by atoms with Gasteiger partial charge in [0.1, 0.15) is 11.9 Å². The van der Waals surface area contributed by atoms with Gasteiger partial charge >= 0.3 is 0 Å². The number of hydrogen-bond acceptors (Lipinski definition) is 6. The Bertz CT molecular complexity index is 764. The predicted molar refractivity (Wildman–Crippen MR) is 93.4 cm³/mol. The average Bonchev–Trinajstić information content (AvgIpc) is 2.55. The van der Waals surface area contributed by atoms with Crippen molar-refractivity contribution in [2.45, 2.75) is 26.5 Å². The van der Waals surface area contributed by atoms with Gasteiger partial charge in [0.15, 0.2) is 11.0 Å². The van der Waals surface area contributed by atoms with Gasteiger partial charge < -0.3 is 21.5 Å². The van der Waals surface area contributed by atoms with E-state index in [9.17, 15) is 9.90 Å². The van der Waals surface area contributed by atoms with Crippen LogP contribution in [-0.4, -0.2) is 28.0 Å². The second-order valence-corrected chi connectivity index (χ2v) is 5.59. The quantitative estimate of drug-likeness (QED) is 0.614. The molecule has 0 aliphatic rings. The van der Waals surface area contributed by atoms with Crippen LogP contribution in [0, 0.1) is 6.92 Å². The third-order valence-electron chi connectivity index (χ3n) is 3.53. The van der Waals surface area contributed by atoms with Crippen molar-refractivity contribution in [1.82, 2.24) is 15.3 Å². The first-order chi connectivity index (χ1) is 11.4. The molecule has 8 heteroatoms. The van der Waals surface area contributed by atoms with E-state index in [0.29, 0.717) is 23.4 Å². The lowest BCUT2D eigenvalue weighted by atomic mass is 10.1. The van der Waals surface area contributed by atoms with Crippen molar-refractivity contribution in [3.8, 4) is 0 Å². The van der Waals surface area contributed by atoms with E-state index in [2.05, 4.69) is 20.6 Å². The van der Waals surface area contributed by atoms with Gasteiger partial charge in [-0.25, -0.2) is 9.97 Å². The molecule has 0 aliphatic heterocycles. The molecule has 0 saturated carbocycles. The highest BCUT2D eigenvalue weighted by Gasteiger charge is 2.17. The largest absolute Gasteiger partial charge is 0.373 e. The Hall–Kier alpha value is -2.22. The van der Waals surface area contributed by atoms with E-state index >= 15 is 0 Å². The van der Waals surface area contributed by atoms with Crippen LogP contribution in [0.1, 0.15) is 40.5 Å². The molecule has 2 aromatic rings. The molecule has 7 nitrogen and oxygen atoms in total. The van der Waals surface area contributed by atoms with E-state index in [1.165, 1.54) is 0 Å². The highest BCUT2D eigenvalue weighted by Crippen LogP contribution is 2.27. The molecule has 1 amide bonds. The number of nitrogens with one attached hydrogen (secondary N) is 2. The maximum absolute atomic E-state index is 11.7. The van der Waals surface area contributed by atoms with Crippen molar-refractivity contribution in [1.29, 1.82) is 0 Å². The topological polar surface area (TPSA) is 113 Å². The molecule has 5 N–H and O–H groups in total. The molecular formula is C16H20ClN5O2. The molecule has 1 heterocycles. The van der Waals surface area contributed by atoms with Crippen molar-refractivity contribution in [2.24, 2.45) is 5.73 Å². The Morgan fingerprint density at radius 2 is 2.12 bits per heavy atom. The second-order valence-electron chi connectivity index (χ2n) is 5.23. The van der Waals surface area contributed by atoms with Crippen LogP contribution < -0.4 is 16.4 Å². The fraction of sp³-hybridized carbons (Fsp3) is 0.312. The maximum atomic E-state index is 11.7. The zero-order valence-electron chi connectivity index (χ0n) is 13.7. The summed E-state index contributed by atoms with van der Waals surface area (Å²) in [5.41, 5.74) is 8.44. The molecule has 1 aromatic heterocycles. The first-order valence-corrected chi connectivity index (χ1v) is 7.84. The fourth-order valence-electron chi connectivity index (χ4n) is 2.20. The van der Waals surface area contributed by atoms with Crippen molar-refractivity contribution in [3.63, 3.8) is 0 Å². The van der Waals surface area contributed by atoms with Crippen LogP contribution >= 0.6 is 11.6 Å². The fourth-order valence-corrected chi connectivity index (χ4v) is 2.47. The van der Waals surface area contributed by atoms with Gasteiger partial charge in [-0.15, -0.1) is 0 Å². The average molecular weight is 350 g/mol. The van der Waals surface area contributed by atoms with Gasteiger partial charge in [0.25, 0.3) is 5.91 Å². The molecule has 1 aromatic carbocycles. The summed E-state index contributed by atoms with van der Waals surface area (Å²) >= 11 is 6.11. The summed E-state index contributed by atoms with van der Waals surface area (Å²) in [5, 5.41) is 15.6. The first-order valence-electron chi connectivity index (χ1n) is 7.47. The molecule has 0 spiro atoms. The van der Waals surface area contributed by atoms with Gasteiger partial charge in [-0.3, -0.25) is 4.79 Å². The lowest BCUT2D eigenvalue weighted by molar-refractivity contribution is 0.0963. The number of rotatable bonds is 5. The molecule has 24 heavy (non-hydrogen) atoms. The van der Waals surface area contributed by atoms with E-state index in [0.717, 1.165) is 5.56 Å². The van der Waals surface area contributed by atoms with Crippen molar-refractivity contribution in [3.05, 3.63) is 45.9 Å². The summed E-state index contributed by atoms with van der Waals surface area (Å²) in [7, 11) is 1.58. The minimum absolute atomic E-state index is 0.169. The van der Waals surface area contributed by atoms with Crippen LogP contribution in [0.2, 0.25) is 5.15 Å². The van der Waals surface area contributed by atoms with Gasteiger partial charge in [0.2, 0.25) is 0 Å². The highest BCUT2D eigenvalue weighted by atomic mass is 35.5. The molecule has 1 atom stereocenters. The van der Waals surface area contributed by atoms with Crippen LogP contribution in [0.15, 0.2) is 18.2 Å². The second kappa shape index (κ2) is 7.57. The predicted octanol–water partition coefficient (Wildman–Crippen LogP) is 2.05. The number of aryl methyl sites for hydroxylation is 2. The Morgan fingerprint density at radius 3 is 2.67 bits per heavy atom. The third-order valence-corrected chi connectivity index (χ3v) is 3.83. The van der Waals surface area contributed by atoms with Crippen LogP contribution in [0.4, 0.5) is 11.5 Å². The summed E-state index contributed by atoms with van der Waals surface area (Å²) < 4.78 is 0. The zero-order chi connectivity index (χ0) is 17.9. The lowest BCUT2D eigenvalue weighted by Gasteiger charge is -2.16. The minimum Gasteiger partial charge on any atom is -0.373 e. The monoisotopic (exact) mass is 349 g/mol. The van der Waals surface area contributed by atoms with Crippen molar-refractivity contribution >= 4 is 29.0 Å². The molecule has 128 valence electrons. The molecule has 0 bridgehead atoms. The van der Waals surface area contributed by atoms with E-state index in [4.69, 9.17) is 17.3 Å². The van der Waals surface area contributed by atoms with Crippen LogP contribution in [-0.2, 0) is 6.42 Å². The molecule has 0 saturated heterocycles. The normalized spacial score (nSPS) is 11.9. The molecular weight excluding hydrogens is 330 g/mol. The van der Waals surface area contributed by atoms with Gasteiger partial charge in [0.05, 0.1) is 5.69 Å². The van der Waals surface area contributed by atoms with Crippen molar-refractivity contribution < 1.29 is 9.90 Å². The SMILES string of the molecule is CCc1nc(C(N)O)c(Nc2ccc(C(=O)NC)cc2C)nc1Cl. The zero-order valence-corrected chi connectivity index (χ0v) is 14.5. The molecule has 1 unspecified atom stereocenters. The number of nitrogens with two attached hydrogens (primary N) is 1. The number of hydrogen-bond donors (Lipinski definition) is 4. The van der Waals surface area contributed by atoms with Crippen LogP contribution in [0.25, 0.3) is 0 Å². The maximum Gasteiger partial charge on any atom is 0.251 e. The number of carbonyl (C=O) groups is 1. The van der Waals surface area contributed by atoms with E-state index in [-0.39, 0.29) is 22.6 Å². The number of carbonyl (C=O) groups excluding carboxylic acids is 1. The number of aliphatic hydroxyl groups excluding tert-OH is 1. The smallest absolute Gasteiger partial charge is 0.251 e. The minimum atomic E-state index is -1.28.